The lowest BCUT2D eigenvalue weighted by Gasteiger charge is -2.36. The van der Waals surface area contributed by atoms with Crippen LogP contribution in [0.1, 0.15) is 54.5 Å². The van der Waals surface area contributed by atoms with Gasteiger partial charge in [-0.15, -0.1) is 12.6 Å². The second-order valence-corrected chi connectivity index (χ2v) is 12.4. The molecule has 1 N–H and O–H groups in total. The van der Waals surface area contributed by atoms with Gasteiger partial charge in [0.1, 0.15) is 12.2 Å². The number of carbonyl (C=O) groups is 2. The first kappa shape index (κ1) is 29.0. The highest BCUT2D eigenvalue weighted by Crippen LogP contribution is 2.44. The first-order valence-corrected chi connectivity index (χ1v) is 14.6. The number of anilines is 1. The zero-order chi connectivity index (χ0) is 29.3. The molecule has 2 aliphatic rings. The molecule has 1 aliphatic carbocycles. The van der Waals surface area contributed by atoms with E-state index in [1.54, 1.807) is 4.90 Å². The van der Waals surface area contributed by atoms with E-state index in [4.69, 9.17) is 22.1 Å². The van der Waals surface area contributed by atoms with Gasteiger partial charge >= 0.3 is 12.2 Å². The first-order chi connectivity index (χ1) is 19.5. The quantitative estimate of drug-likeness (QED) is 0.322. The number of rotatable bonds is 5. The summed E-state index contributed by atoms with van der Waals surface area (Å²) in [4.78, 5) is 30.4. The van der Waals surface area contributed by atoms with Crippen molar-refractivity contribution in [3.05, 3.63) is 82.4 Å². The van der Waals surface area contributed by atoms with Gasteiger partial charge in [-0.3, -0.25) is 10.2 Å². The average molecular weight is 574 g/mol. The van der Waals surface area contributed by atoms with Crippen LogP contribution >= 0.6 is 12.6 Å². The molecule has 0 bridgehead atoms. The van der Waals surface area contributed by atoms with Gasteiger partial charge in [0.15, 0.2) is 0 Å². The summed E-state index contributed by atoms with van der Waals surface area (Å²) < 4.78 is 11.3. The number of nitrogens with zero attached hydrogens (tertiary/aromatic N) is 2. The topological polar surface area (TPSA) is 71.1 Å². The molecule has 0 atom stereocenters. The summed E-state index contributed by atoms with van der Waals surface area (Å²) in [7, 11) is 0. The monoisotopic (exact) mass is 573 g/mol. The van der Waals surface area contributed by atoms with Crippen LogP contribution in [-0.2, 0) is 16.0 Å². The Morgan fingerprint density at radius 1 is 0.927 bits per heavy atom. The standard InChI is InChI=1S/C33H39N3O4S/c1-21-23(19-35-14-16-36(17-15-35)32(38)40-33(3,4)5)18-29(41)22(2)30(21)34-31(37)39-20-28-26-12-8-6-10-24(26)25-11-7-9-13-27(25)28/h6-13,18,28,41H,14-17,19-20H2,1-5H3,(H,34,37). The largest absolute Gasteiger partial charge is 0.448 e. The van der Waals surface area contributed by atoms with Crippen LogP contribution < -0.4 is 5.32 Å². The van der Waals surface area contributed by atoms with E-state index in [1.165, 1.54) is 22.3 Å². The fraction of sp³-hybridized carbons (Fsp3) is 0.394. The number of thiol groups is 1. The van der Waals surface area contributed by atoms with Crippen LogP contribution in [-0.4, -0.2) is 60.4 Å². The summed E-state index contributed by atoms with van der Waals surface area (Å²) in [5.41, 5.74) is 7.96. The third kappa shape index (κ3) is 6.39. The number of carbonyl (C=O) groups excluding carboxylic acids is 2. The second-order valence-electron chi connectivity index (χ2n) is 11.9. The van der Waals surface area contributed by atoms with Gasteiger partial charge in [-0.2, -0.15) is 0 Å². The maximum Gasteiger partial charge on any atom is 0.411 e. The van der Waals surface area contributed by atoms with Crippen molar-refractivity contribution < 1.29 is 19.1 Å². The molecule has 1 heterocycles. The van der Waals surface area contributed by atoms with Crippen LogP contribution in [0.3, 0.4) is 0 Å². The lowest BCUT2D eigenvalue weighted by Crippen LogP contribution is -2.49. The van der Waals surface area contributed by atoms with Crippen molar-refractivity contribution in [2.45, 2.75) is 57.6 Å². The second kappa shape index (κ2) is 11.8. The average Bonchev–Trinajstić information content (AvgIpc) is 3.26. The number of nitrogens with one attached hydrogen (secondary N) is 1. The highest BCUT2D eigenvalue weighted by atomic mass is 32.1. The van der Waals surface area contributed by atoms with Crippen LogP contribution in [0.25, 0.3) is 11.1 Å². The number of ether oxygens (including phenoxy) is 2. The lowest BCUT2D eigenvalue weighted by molar-refractivity contribution is 0.0139. The van der Waals surface area contributed by atoms with E-state index in [0.29, 0.717) is 19.6 Å². The zero-order valence-electron chi connectivity index (χ0n) is 24.5. The third-order valence-electron chi connectivity index (χ3n) is 7.92. The van der Waals surface area contributed by atoms with Gasteiger partial charge in [-0.25, -0.2) is 9.59 Å². The van der Waals surface area contributed by atoms with Gasteiger partial charge in [-0.1, -0.05) is 48.5 Å². The third-order valence-corrected chi connectivity index (χ3v) is 8.38. The van der Waals surface area contributed by atoms with Crippen LogP contribution in [0, 0.1) is 13.8 Å². The molecular weight excluding hydrogens is 534 g/mol. The van der Waals surface area contributed by atoms with Crippen molar-refractivity contribution in [2.24, 2.45) is 0 Å². The Bertz CT molecular complexity index is 1410. The van der Waals surface area contributed by atoms with Gasteiger partial charge in [-0.05, 0) is 79.6 Å². The fourth-order valence-electron chi connectivity index (χ4n) is 5.70. The van der Waals surface area contributed by atoms with Crippen LogP contribution in [0.15, 0.2) is 59.5 Å². The molecule has 216 valence electrons. The molecule has 0 spiro atoms. The van der Waals surface area contributed by atoms with Gasteiger partial charge in [0.25, 0.3) is 0 Å². The Balaban J connectivity index is 1.23. The lowest BCUT2D eigenvalue weighted by atomic mass is 9.98. The molecule has 5 rings (SSSR count). The minimum absolute atomic E-state index is 0.00136. The molecule has 3 aromatic rings. The molecule has 0 aromatic heterocycles. The smallest absolute Gasteiger partial charge is 0.411 e. The Morgan fingerprint density at radius 2 is 1.51 bits per heavy atom. The Labute approximate surface area is 248 Å². The molecule has 0 radical (unpaired) electrons. The molecule has 0 unspecified atom stereocenters. The predicted molar refractivity (Wildman–Crippen MR) is 165 cm³/mol. The number of piperazine rings is 1. The van der Waals surface area contributed by atoms with E-state index in [9.17, 15) is 9.59 Å². The molecule has 8 heteroatoms. The van der Waals surface area contributed by atoms with E-state index >= 15 is 0 Å². The predicted octanol–water partition coefficient (Wildman–Crippen LogP) is 7.01. The van der Waals surface area contributed by atoms with Crippen molar-refractivity contribution in [3.63, 3.8) is 0 Å². The maximum atomic E-state index is 13.1. The molecule has 2 amide bonds. The van der Waals surface area contributed by atoms with Gasteiger partial charge in [0, 0.05) is 43.5 Å². The van der Waals surface area contributed by atoms with E-state index < -0.39 is 11.7 Å². The minimum Gasteiger partial charge on any atom is -0.448 e. The van der Waals surface area contributed by atoms with E-state index in [0.717, 1.165) is 40.4 Å². The van der Waals surface area contributed by atoms with Crippen molar-refractivity contribution >= 4 is 30.5 Å². The highest BCUT2D eigenvalue weighted by Gasteiger charge is 2.30. The molecule has 1 saturated heterocycles. The summed E-state index contributed by atoms with van der Waals surface area (Å²) in [6.45, 7) is 13.3. The number of hydrogen-bond donors (Lipinski definition) is 2. The number of hydrogen-bond acceptors (Lipinski definition) is 6. The molecule has 41 heavy (non-hydrogen) atoms. The normalized spacial score (nSPS) is 15.3. The SMILES string of the molecule is Cc1c(S)cc(CN2CCN(C(=O)OC(C)(C)C)CC2)c(C)c1NC(=O)OCC1c2ccccc2-c2ccccc21. The Morgan fingerprint density at radius 3 is 2.10 bits per heavy atom. The summed E-state index contributed by atoms with van der Waals surface area (Å²) in [5, 5.41) is 3.01. The fourth-order valence-corrected chi connectivity index (χ4v) is 5.96. The van der Waals surface area contributed by atoms with E-state index in [2.05, 4.69) is 40.5 Å². The van der Waals surface area contributed by atoms with Gasteiger partial charge in [0.2, 0.25) is 0 Å². The number of amides is 2. The van der Waals surface area contributed by atoms with Crippen molar-refractivity contribution in [3.8, 4) is 11.1 Å². The molecule has 3 aromatic carbocycles. The highest BCUT2D eigenvalue weighted by molar-refractivity contribution is 7.80. The van der Waals surface area contributed by atoms with Crippen molar-refractivity contribution in [1.29, 1.82) is 0 Å². The molecular formula is C33H39N3O4S. The molecule has 1 fully saturated rings. The van der Waals surface area contributed by atoms with E-state index in [1.807, 2.05) is 58.9 Å². The first-order valence-electron chi connectivity index (χ1n) is 14.2. The van der Waals surface area contributed by atoms with Gasteiger partial charge < -0.3 is 14.4 Å². The molecule has 0 saturated carbocycles. The Kier molecular flexibility index (Phi) is 8.34. The van der Waals surface area contributed by atoms with Crippen molar-refractivity contribution in [2.75, 3.05) is 38.1 Å². The number of benzene rings is 3. The van der Waals surface area contributed by atoms with Crippen LogP contribution in [0.4, 0.5) is 15.3 Å². The van der Waals surface area contributed by atoms with Crippen molar-refractivity contribution in [1.82, 2.24) is 9.80 Å². The van der Waals surface area contributed by atoms with Gasteiger partial charge in [0.05, 0.1) is 5.69 Å². The summed E-state index contributed by atoms with van der Waals surface area (Å²) in [5.74, 6) is 0.00136. The Hall–Kier alpha value is -3.49. The zero-order valence-corrected chi connectivity index (χ0v) is 25.4. The number of fused-ring (bicyclic) bond motifs is 3. The molecule has 7 nitrogen and oxygen atoms in total. The van der Waals surface area contributed by atoms with Crippen LogP contribution in [0.5, 0.6) is 0 Å². The van der Waals surface area contributed by atoms with E-state index in [-0.39, 0.29) is 18.6 Å². The van der Waals surface area contributed by atoms with Crippen LogP contribution in [0.2, 0.25) is 0 Å². The summed E-state index contributed by atoms with van der Waals surface area (Å²) >= 11 is 4.71. The maximum absolute atomic E-state index is 13.1. The summed E-state index contributed by atoms with van der Waals surface area (Å²) in [6.07, 6.45) is -0.746. The molecule has 1 aliphatic heterocycles. The summed E-state index contributed by atoms with van der Waals surface area (Å²) in [6, 6.07) is 18.7. The minimum atomic E-state index is -0.507.